The number of H-pyrrole nitrogens is 1. The van der Waals surface area contributed by atoms with Crippen molar-refractivity contribution in [3.05, 3.63) is 76.6 Å². The second-order valence-electron chi connectivity index (χ2n) is 22.1. The molecule has 1 aromatic carbocycles. The summed E-state index contributed by atoms with van der Waals surface area (Å²) in [5, 5.41) is 37.6. The van der Waals surface area contributed by atoms with Gasteiger partial charge in [0.15, 0.2) is 0 Å². The molecule has 4 aliphatic rings. The number of aliphatic hydroxyl groups is 1. The molecule has 4 fully saturated rings. The molecule has 1 spiro atoms. The van der Waals surface area contributed by atoms with E-state index in [1.165, 1.54) is 33.8 Å². The molecule has 0 bridgehead atoms. The van der Waals surface area contributed by atoms with Gasteiger partial charge in [-0.3, -0.25) is 9.78 Å². The molecule has 0 amide bonds. The summed E-state index contributed by atoms with van der Waals surface area (Å²) >= 11 is 0. The molecule has 3 aliphatic carbocycles. The molecular weight excluding hydrogens is 921 g/mol. The minimum atomic E-state index is -0.0183. The zero-order chi connectivity index (χ0) is 51.0. The van der Waals surface area contributed by atoms with Crippen molar-refractivity contribution in [3.63, 3.8) is 0 Å². The normalized spacial score (nSPS) is 24.9. The molecular formula is C56H92N12O5. The average Bonchev–Trinajstić information content (AvgIpc) is 4.18. The smallest absolute Gasteiger partial charge is 0.119 e. The lowest BCUT2D eigenvalue weighted by atomic mass is 9.73. The van der Waals surface area contributed by atoms with Crippen molar-refractivity contribution in [2.75, 3.05) is 115 Å². The summed E-state index contributed by atoms with van der Waals surface area (Å²) in [6, 6.07) is 8.56. The summed E-state index contributed by atoms with van der Waals surface area (Å²) in [6.45, 7) is 10.8. The zero-order valence-electron chi connectivity index (χ0n) is 45.5. The number of aliphatic hydroxyl groups excluding tert-OH is 1. The number of rotatable bonds is 28. The number of ether oxygens (including phenoxy) is 4. The van der Waals surface area contributed by atoms with Crippen LogP contribution in [-0.2, 0) is 33.8 Å². The molecule has 5 N–H and O–H groups in total. The van der Waals surface area contributed by atoms with Crippen LogP contribution in [0.2, 0.25) is 0 Å². The lowest BCUT2D eigenvalue weighted by Crippen LogP contribution is -2.42. The second kappa shape index (κ2) is 27.9. The van der Waals surface area contributed by atoms with Gasteiger partial charge in [-0.05, 0) is 156 Å². The van der Waals surface area contributed by atoms with Crippen LogP contribution in [0, 0.1) is 0 Å². The van der Waals surface area contributed by atoms with E-state index in [1.54, 1.807) is 0 Å². The van der Waals surface area contributed by atoms with Crippen molar-refractivity contribution in [1.82, 2.24) is 60.4 Å². The van der Waals surface area contributed by atoms with Crippen LogP contribution in [-0.4, -0.2) is 182 Å². The van der Waals surface area contributed by atoms with Crippen molar-refractivity contribution < 1.29 is 24.1 Å². The molecule has 3 aromatic heterocycles. The molecule has 406 valence electrons. The Labute approximate surface area is 436 Å². The summed E-state index contributed by atoms with van der Waals surface area (Å²) < 4.78 is 29.8. The predicted molar refractivity (Wildman–Crippen MR) is 288 cm³/mol. The fraction of sp³-hybridized carbons (Fsp3) is 0.732. The maximum atomic E-state index is 9.24. The van der Waals surface area contributed by atoms with E-state index in [0.29, 0.717) is 37.6 Å². The van der Waals surface area contributed by atoms with Gasteiger partial charge < -0.3 is 54.7 Å². The van der Waals surface area contributed by atoms with Crippen LogP contribution < -0.4 is 20.7 Å². The first kappa shape index (κ1) is 55.5. The molecule has 17 heteroatoms. The molecule has 0 radical (unpaired) electrons. The third kappa shape index (κ3) is 15.4. The van der Waals surface area contributed by atoms with Gasteiger partial charge in [0.05, 0.1) is 73.6 Å². The van der Waals surface area contributed by atoms with Crippen LogP contribution in [0.3, 0.4) is 0 Å². The van der Waals surface area contributed by atoms with E-state index in [0.717, 1.165) is 167 Å². The summed E-state index contributed by atoms with van der Waals surface area (Å²) in [5.74, 6) is 2.18. The van der Waals surface area contributed by atoms with E-state index in [4.69, 9.17) is 29.1 Å². The molecule has 1 unspecified atom stereocenters. The Kier molecular flexibility index (Phi) is 21.2. The van der Waals surface area contributed by atoms with E-state index in [2.05, 4.69) is 91.2 Å². The molecule has 1 saturated heterocycles. The Hall–Kier alpha value is -3.75. The number of likely N-dealkylation sites (N-methyl/N-ethyl adjacent to an activating group) is 6. The first-order valence-corrected chi connectivity index (χ1v) is 28.1. The number of aromatic amines is 1. The van der Waals surface area contributed by atoms with Crippen molar-refractivity contribution in [1.29, 1.82) is 0 Å². The molecule has 4 heterocycles. The SMILES string of the molecule is CNCCN(C)Cc1cn(-c2ccc(OCCOC3CCC(c4nn(C5CCC6(CCC(c7[nH]ncc7CN(C)CCNC)CC6)OC5)cc4CN(C)CCNC)CC3)cc2)nc1C1CCC(OCCO)CC1. The molecule has 8 rings (SSSR count). The minimum Gasteiger partial charge on any atom is -0.491 e. The van der Waals surface area contributed by atoms with E-state index >= 15 is 0 Å². The lowest BCUT2D eigenvalue weighted by Gasteiger charge is -2.44. The molecule has 73 heavy (non-hydrogen) atoms. The highest BCUT2D eigenvalue weighted by atomic mass is 16.5. The van der Waals surface area contributed by atoms with Gasteiger partial charge in [0.25, 0.3) is 0 Å². The number of hydrogen-bond acceptors (Lipinski definition) is 14. The van der Waals surface area contributed by atoms with Crippen molar-refractivity contribution in [3.8, 4) is 11.4 Å². The molecule has 1 aliphatic heterocycles. The van der Waals surface area contributed by atoms with Crippen LogP contribution >= 0.6 is 0 Å². The van der Waals surface area contributed by atoms with E-state index < -0.39 is 0 Å². The Morgan fingerprint density at radius 2 is 1.21 bits per heavy atom. The summed E-state index contributed by atoms with van der Waals surface area (Å²) in [4.78, 5) is 7.15. The Morgan fingerprint density at radius 3 is 1.77 bits per heavy atom. The average molecular weight is 1010 g/mol. The monoisotopic (exact) mass is 1010 g/mol. The van der Waals surface area contributed by atoms with Crippen LogP contribution in [0.25, 0.3) is 5.69 Å². The molecule has 17 nitrogen and oxygen atoms in total. The van der Waals surface area contributed by atoms with Gasteiger partial charge in [-0.2, -0.15) is 15.3 Å². The van der Waals surface area contributed by atoms with Gasteiger partial charge >= 0.3 is 0 Å². The first-order valence-electron chi connectivity index (χ1n) is 28.1. The van der Waals surface area contributed by atoms with E-state index in [-0.39, 0.29) is 30.5 Å². The molecule has 4 aromatic rings. The predicted octanol–water partition coefficient (Wildman–Crippen LogP) is 6.35. The number of benzene rings is 1. The van der Waals surface area contributed by atoms with Gasteiger partial charge in [0.1, 0.15) is 12.4 Å². The number of hydrogen-bond donors (Lipinski definition) is 5. The molecule has 3 saturated carbocycles. The fourth-order valence-electron chi connectivity index (χ4n) is 12.1. The third-order valence-electron chi connectivity index (χ3n) is 16.5. The Balaban J connectivity index is 0.801. The third-order valence-corrected chi connectivity index (χ3v) is 16.5. The van der Waals surface area contributed by atoms with Crippen LogP contribution in [0.5, 0.6) is 5.75 Å². The van der Waals surface area contributed by atoms with Gasteiger partial charge in [0.2, 0.25) is 0 Å². The Bertz CT molecular complexity index is 2180. The van der Waals surface area contributed by atoms with Crippen LogP contribution in [0.1, 0.15) is 147 Å². The van der Waals surface area contributed by atoms with Crippen molar-refractivity contribution >= 4 is 0 Å². The van der Waals surface area contributed by atoms with Gasteiger partial charge in [-0.1, -0.05) is 0 Å². The minimum absolute atomic E-state index is 0.0183. The topological polar surface area (TPSA) is 167 Å². The standard InChI is InChI=1S/C56H92N12O5/c1-57-25-28-64(4)36-45-35-60-61-53(45)44-19-22-56(23-20-44)24-21-49(41-73-56)68-40-47(38-66(6)30-27-59-3)55(63-68)43-9-15-51(16-10-43)71-33-34-72-52-17-11-48(12-18-52)67-39-46(37-65(5)29-26-58-2)54(62-67)42-7-13-50(14-8-42)70-32-31-69/h11-12,17-18,35,39-40,42-44,49-51,57-59,69H,7-10,13-16,19-34,36-38,41H2,1-6H3,(H,60,61). The summed E-state index contributed by atoms with van der Waals surface area (Å²) in [7, 11) is 12.6. The molecule has 1 atom stereocenters. The lowest BCUT2D eigenvalue weighted by molar-refractivity contribution is -0.120. The van der Waals surface area contributed by atoms with Crippen LogP contribution in [0.15, 0.2) is 42.9 Å². The van der Waals surface area contributed by atoms with Crippen LogP contribution in [0.4, 0.5) is 0 Å². The number of nitrogens with zero attached hydrogens (tertiary/aromatic N) is 8. The fourth-order valence-corrected chi connectivity index (χ4v) is 12.1. The van der Waals surface area contributed by atoms with Gasteiger partial charge in [-0.25, -0.2) is 4.68 Å². The number of nitrogens with one attached hydrogen (secondary N) is 4. The van der Waals surface area contributed by atoms with Crippen molar-refractivity contribution in [2.45, 2.75) is 151 Å². The van der Waals surface area contributed by atoms with Gasteiger partial charge in [0, 0.05) is 111 Å². The zero-order valence-corrected chi connectivity index (χ0v) is 45.5. The maximum Gasteiger partial charge on any atom is 0.119 e. The number of aromatic nitrogens is 6. The summed E-state index contributed by atoms with van der Waals surface area (Å²) in [6.07, 6.45) is 22.1. The Morgan fingerprint density at radius 1 is 0.658 bits per heavy atom. The van der Waals surface area contributed by atoms with E-state index in [1.807, 2.05) is 44.2 Å². The maximum absolute atomic E-state index is 9.24. The second-order valence-corrected chi connectivity index (χ2v) is 22.1. The first-order chi connectivity index (χ1) is 35.7. The van der Waals surface area contributed by atoms with Gasteiger partial charge in [-0.15, -0.1) is 0 Å². The largest absolute Gasteiger partial charge is 0.491 e. The highest BCUT2D eigenvalue weighted by molar-refractivity contribution is 5.38. The quantitative estimate of drug-likeness (QED) is 0.0400. The van der Waals surface area contributed by atoms with E-state index in [9.17, 15) is 5.11 Å². The summed E-state index contributed by atoms with van der Waals surface area (Å²) in [5.41, 5.74) is 8.79. The van der Waals surface area contributed by atoms with Crippen molar-refractivity contribution in [2.24, 2.45) is 0 Å². The highest BCUT2D eigenvalue weighted by Gasteiger charge is 2.42. The highest BCUT2D eigenvalue weighted by Crippen LogP contribution is 2.46.